The van der Waals surface area contributed by atoms with Crippen molar-refractivity contribution in [2.45, 2.75) is 6.92 Å². The van der Waals surface area contributed by atoms with Crippen LogP contribution in [0.2, 0.25) is 10.0 Å². The number of nitrogens with one attached hydrogen (secondary N) is 1. The maximum absolute atomic E-state index is 6.45. The highest BCUT2D eigenvalue weighted by atomic mass is 35.5. The third-order valence-corrected chi connectivity index (χ3v) is 5.73. The molecule has 4 aromatic rings. The van der Waals surface area contributed by atoms with Gasteiger partial charge in [0, 0.05) is 23.0 Å². The molecule has 0 aliphatic carbocycles. The number of halogens is 2. The predicted octanol–water partition coefficient (Wildman–Crippen LogP) is 5.56. The second kappa shape index (κ2) is 8.80. The summed E-state index contributed by atoms with van der Waals surface area (Å²) in [6, 6.07) is 11.1. The minimum atomic E-state index is 0.419. The number of ether oxygens (including phenoxy) is 2. The largest absolute Gasteiger partial charge is 0.494 e. The molecule has 0 saturated carbocycles. The highest BCUT2D eigenvalue weighted by Crippen LogP contribution is 2.39. The molecule has 8 nitrogen and oxygen atoms in total. The molecule has 2 aromatic heterocycles. The van der Waals surface area contributed by atoms with E-state index in [9.17, 15) is 0 Å². The molecule has 3 heterocycles. The Labute approximate surface area is 200 Å². The van der Waals surface area contributed by atoms with Crippen molar-refractivity contribution in [1.29, 1.82) is 0 Å². The van der Waals surface area contributed by atoms with Gasteiger partial charge in [-0.15, -0.1) is 0 Å². The first kappa shape index (κ1) is 21.4. The molecule has 5 rings (SSSR count). The molecule has 0 fully saturated rings. The summed E-state index contributed by atoms with van der Waals surface area (Å²) in [7, 11) is 1.63. The molecular formula is C23H20Cl2N6O2. The van der Waals surface area contributed by atoms with Gasteiger partial charge in [0.25, 0.3) is 0 Å². The summed E-state index contributed by atoms with van der Waals surface area (Å²) in [5, 5.41) is 4.36. The molecule has 1 N–H and O–H groups in total. The van der Waals surface area contributed by atoms with Crippen LogP contribution in [0.3, 0.4) is 0 Å². The molecule has 168 valence electrons. The van der Waals surface area contributed by atoms with E-state index in [2.05, 4.69) is 15.3 Å². The predicted molar refractivity (Wildman–Crippen MR) is 129 cm³/mol. The van der Waals surface area contributed by atoms with E-state index in [-0.39, 0.29) is 0 Å². The van der Waals surface area contributed by atoms with Crippen LogP contribution in [0.15, 0.2) is 55.1 Å². The van der Waals surface area contributed by atoms with Crippen LogP contribution in [0.25, 0.3) is 5.69 Å². The fourth-order valence-corrected chi connectivity index (χ4v) is 4.17. The number of anilines is 4. The monoisotopic (exact) mass is 482 g/mol. The highest BCUT2D eigenvalue weighted by Gasteiger charge is 2.24. The smallest absolute Gasteiger partial charge is 0.229 e. The zero-order valence-electron chi connectivity index (χ0n) is 17.9. The number of hydrogen-bond acceptors (Lipinski definition) is 7. The van der Waals surface area contributed by atoms with Crippen molar-refractivity contribution in [1.82, 2.24) is 19.5 Å². The minimum Gasteiger partial charge on any atom is -0.494 e. The van der Waals surface area contributed by atoms with Gasteiger partial charge in [-0.3, -0.25) is 0 Å². The number of imidazole rings is 1. The van der Waals surface area contributed by atoms with Gasteiger partial charge in [0.2, 0.25) is 5.95 Å². The third-order valence-electron chi connectivity index (χ3n) is 5.19. The number of aryl methyl sites for hydroxylation is 1. The lowest BCUT2D eigenvalue weighted by Crippen LogP contribution is -2.30. The van der Waals surface area contributed by atoms with Crippen LogP contribution in [0.4, 0.5) is 23.1 Å². The number of aromatic nitrogens is 4. The van der Waals surface area contributed by atoms with Gasteiger partial charge in [0.05, 0.1) is 48.3 Å². The highest BCUT2D eigenvalue weighted by molar-refractivity contribution is 6.36. The minimum absolute atomic E-state index is 0.419. The lowest BCUT2D eigenvalue weighted by molar-refractivity contribution is 0.310. The Balaban J connectivity index is 1.46. The van der Waals surface area contributed by atoms with Gasteiger partial charge in [-0.05, 0) is 37.3 Å². The van der Waals surface area contributed by atoms with E-state index in [1.165, 1.54) is 0 Å². The number of methoxy groups -OCH3 is 1. The van der Waals surface area contributed by atoms with Crippen molar-refractivity contribution in [3.63, 3.8) is 0 Å². The Bertz CT molecular complexity index is 1330. The van der Waals surface area contributed by atoms with E-state index < -0.39 is 0 Å². The number of benzene rings is 2. The molecule has 0 spiro atoms. The molecule has 10 heteroatoms. The molecule has 0 radical (unpaired) electrons. The van der Waals surface area contributed by atoms with E-state index in [0.717, 1.165) is 22.8 Å². The van der Waals surface area contributed by atoms with Gasteiger partial charge >= 0.3 is 0 Å². The summed E-state index contributed by atoms with van der Waals surface area (Å²) in [4.78, 5) is 15.4. The molecule has 0 unspecified atom stereocenters. The van der Waals surface area contributed by atoms with Crippen LogP contribution in [-0.2, 0) is 0 Å². The average Bonchev–Trinajstić information content (AvgIpc) is 3.25. The molecule has 0 atom stereocenters. The summed E-state index contributed by atoms with van der Waals surface area (Å²) in [5.41, 5.74) is 3.39. The summed E-state index contributed by atoms with van der Waals surface area (Å²) < 4.78 is 13.3. The van der Waals surface area contributed by atoms with E-state index >= 15 is 0 Å². The van der Waals surface area contributed by atoms with E-state index in [1.807, 2.05) is 46.9 Å². The molecule has 2 aromatic carbocycles. The third kappa shape index (κ3) is 4.27. The van der Waals surface area contributed by atoms with Gasteiger partial charge in [0.15, 0.2) is 11.6 Å². The first-order valence-corrected chi connectivity index (χ1v) is 11.0. The number of nitrogens with zero attached hydrogens (tertiary/aromatic N) is 5. The molecule has 1 aliphatic rings. The lowest BCUT2D eigenvalue weighted by atomic mass is 10.2. The quantitative estimate of drug-likeness (QED) is 0.398. The first-order chi connectivity index (χ1) is 16.0. The molecular weight excluding hydrogens is 463 g/mol. The Morgan fingerprint density at radius 1 is 1.09 bits per heavy atom. The van der Waals surface area contributed by atoms with Crippen LogP contribution < -0.4 is 19.7 Å². The fourth-order valence-electron chi connectivity index (χ4n) is 3.66. The van der Waals surface area contributed by atoms with Crippen molar-refractivity contribution in [2.75, 3.05) is 30.5 Å². The van der Waals surface area contributed by atoms with Crippen molar-refractivity contribution < 1.29 is 9.47 Å². The van der Waals surface area contributed by atoms with E-state index in [1.54, 1.807) is 31.8 Å². The van der Waals surface area contributed by atoms with Crippen molar-refractivity contribution in [2.24, 2.45) is 0 Å². The average molecular weight is 483 g/mol. The van der Waals surface area contributed by atoms with Gasteiger partial charge in [-0.2, -0.15) is 4.98 Å². The number of rotatable bonds is 5. The second-order valence-electron chi connectivity index (χ2n) is 7.41. The zero-order valence-corrected chi connectivity index (χ0v) is 19.4. The van der Waals surface area contributed by atoms with Crippen LogP contribution in [0.5, 0.6) is 11.5 Å². The maximum Gasteiger partial charge on any atom is 0.229 e. The van der Waals surface area contributed by atoms with Gasteiger partial charge in [-0.1, -0.05) is 23.2 Å². The zero-order chi connectivity index (χ0) is 22.9. The normalized spacial score (nSPS) is 12.8. The number of fused-ring (bicyclic) bond motifs is 1. The Morgan fingerprint density at radius 3 is 2.70 bits per heavy atom. The van der Waals surface area contributed by atoms with Crippen molar-refractivity contribution >= 4 is 46.3 Å². The topological polar surface area (TPSA) is 77.3 Å². The molecule has 0 amide bonds. The van der Waals surface area contributed by atoms with Crippen LogP contribution in [0, 0.1) is 6.92 Å². The fraction of sp³-hybridized carbons (Fsp3) is 0.174. The maximum atomic E-state index is 6.45. The van der Waals surface area contributed by atoms with Gasteiger partial charge in [-0.25, -0.2) is 9.97 Å². The van der Waals surface area contributed by atoms with Gasteiger partial charge in [0.1, 0.15) is 12.4 Å². The van der Waals surface area contributed by atoms with Crippen LogP contribution in [-0.4, -0.2) is 39.8 Å². The standard InChI is InChI=1S/C23H20Cl2N6O2/c1-14-12-30(13-27-14)19-6-4-16(10-20(19)32-2)28-23-26-11-21-22(29-23)31(7-8-33-21)18-5-3-15(24)9-17(18)25/h3-6,9-13H,7-8H2,1-2H3,(H,26,28,29). The van der Waals surface area contributed by atoms with Crippen molar-refractivity contribution in [3.05, 3.63) is 70.9 Å². The summed E-state index contributed by atoms with van der Waals surface area (Å²) >= 11 is 12.5. The molecule has 0 saturated heterocycles. The Morgan fingerprint density at radius 2 is 1.94 bits per heavy atom. The summed E-state index contributed by atoms with van der Waals surface area (Å²) in [5.74, 6) is 2.32. The van der Waals surface area contributed by atoms with Crippen molar-refractivity contribution in [3.8, 4) is 17.2 Å². The SMILES string of the molecule is COc1cc(Nc2ncc3c(n2)N(c2ccc(Cl)cc2Cl)CCO3)ccc1-n1cnc(C)c1. The lowest BCUT2D eigenvalue weighted by Gasteiger charge is -2.30. The summed E-state index contributed by atoms with van der Waals surface area (Å²) in [6.45, 7) is 3.03. The second-order valence-corrected chi connectivity index (χ2v) is 8.25. The van der Waals surface area contributed by atoms with Crippen LogP contribution >= 0.6 is 23.2 Å². The van der Waals surface area contributed by atoms with E-state index in [4.69, 9.17) is 37.7 Å². The molecule has 33 heavy (non-hydrogen) atoms. The van der Waals surface area contributed by atoms with E-state index in [0.29, 0.717) is 46.5 Å². The first-order valence-electron chi connectivity index (χ1n) is 10.2. The van der Waals surface area contributed by atoms with Crippen LogP contribution in [0.1, 0.15) is 5.69 Å². The Hall–Kier alpha value is -3.49. The molecule has 1 aliphatic heterocycles. The van der Waals surface area contributed by atoms with Gasteiger partial charge < -0.3 is 24.3 Å². The molecule has 0 bridgehead atoms. The Kier molecular flexibility index (Phi) is 5.70. The number of hydrogen-bond donors (Lipinski definition) is 1. The summed E-state index contributed by atoms with van der Waals surface area (Å²) in [6.07, 6.45) is 5.35.